The van der Waals surface area contributed by atoms with Crippen molar-refractivity contribution in [1.82, 2.24) is 15.0 Å². The smallest absolute Gasteiger partial charge is 0.224 e. The molecular formula is C22H24N6O. The number of fused-ring (bicyclic) bond motifs is 1. The Morgan fingerprint density at radius 1 is 1.41 bits per heavy atom. The second kappa shape index (κ2) is 8.23. The van der Waals surface area contributed by atoms with Crippen LogP contribution in [0.15, 0.2) is 42.7 Å². The number of H-pyrrole nitrogens is 1. The van der Waals surface area contributed by atoms with Crippen molar-refractivity contribution in [3.8, 4) is 11.8 Å². The maximum Gasteiger partial charge on any atom is 0.224 e. The number of rotatable bonds is 6. The average Bonchev–Trinajstić information content (AvgIpc) is 3.18. The van der Waals surface area contributed by atoms with E-state index in [0.29, 0.717) is 23.9 Å². The molecule has 0 saturated carbocycles. The van der Waals surface area contributed by atoms with E-state index in [1.807, 2.05) is 25.4 Å². The second-order valence-corrected chi connectivity index (χ2v) is 7.27. The summed E-state index contributed by atoms with van der Waals surface area (Å²) in [5, 5.41) is 23.7. The third-order valence-electron chi connectivity index (χ3n) is 5.41. The van der Waals surface area contributed by atoms with Gasteiger partial charge in [0.2, 0.25) is 5.95 Å². The Balaban J connectivity index is 1.47. The van der Waals surface area contributed by atoms with E-state index >= 15 is 0 Å². The van der Waals surface area contributed by atoms with Crippen LogP contribution in [-0.4, -0.2) is 39.7 Å². The average molecular weight is 388 g/mol. The number of allylic oxidation sites excluding steroid dienone is 1. The SMILES string of the molecule is CN(c1nc(NCCc2c[nH]c3c(O)cccc23)ncc1C#N)[C@@H]1C=CCCC1. The van der Waals surface area contributed by atoms with Gasteiger partial charge in [-0.25, -0.2) is 4.98 Å². The Kier molecular flexibility index (Phi) is 5.34. The van der Waals surface area contributed by atoms with Gasteiger partial charge in [0.15, 0.2) is 5.82 Å². The number of nitrogens with one attached hydrogen (secondary N) is 2. The van der Waals surface area contributed by atoms with Gasteiger partial charge in [-0.3, -0.25) is 0 Å². The molecule has 29 heavy (non-hydrogen) atoms. The first-order chi connectivity index (χ1) is 14.2. The molecule has 0 saturated heterocycles. The number of nitriles is 1. The predicted octanol–water partition coefficient (Wildman–Crippen LogP) is 3.73. The van der Waals surface area contributed by atoms with Crippen molar-refractivity contribution in [1.29, 1.82) is 5.26 Å². The van der Waals surface area contributed by atoms with Crippen LogP contribution in [0.2, 0.25) is 0 Å². The predicted molar refractivity (Wildman–Crippen MR) is 114 cm³/mol. The first kappa shape index (κ1) is 18.8. The number of anilines is 2. The van der Waals surface area contributed by atoms with Crippen LogP contribution >= 0.6 is 0 Å². The van der Waals surface area contributed by atoms with Gasteiger partial charge >= 0.3 is 0 Å². The summed E-state index contributed by atoms with van der Waals surface area (Å²) >= 11 is 0. The van der Waals surface area contributed by atoms with E-state index in [9.17, 15) is 10.4 Å². The number of aromatic hydroxyl groups is 1. The Morgan fingerprint density at radius 3 is 3.10 bits per heavy atom. The molecule has 1 aromatic carbocycles. The van der Waals surface area contributed by atoms with Gasteiger partial charge in [0, 0.05) is 31.2 Å². The molecule has 2 aromatic heterocycles. The lowest BCUT2D eigenvalue weighted by Crippen LogP contribution is -2.32. The number of likely N-dealkylation sites (N-methyl/N-ethyl adjacent to an activating group) is 1. The van der Waals surface area contributed by atoms with E-state index in [2.05, 4.69) is 43.4 Å². The summed E-state index contributed by atoms with van der Waals surface area (Å²) in [6, 6.07) is 7.95. The van der Waals surface area contributed by atoms with Crippen LogP contribution in [0.5, 0.6) is 5.75 Å². The van der Waals surface area contributed by atoms with E-state index in [1.165, 1.54) is 0 Å². The second-order valence-electron chi connectivity index (χ2n) is 7.27. The Morgan fingerprint density at radius 2 is 2.31 bits per heavy atom. The van der Waals surface area contributed by atoms with E-state index in [-0.39, 0.29) is 11.8 Å². The summed E-state index contributed by atoms with van der Waals surface area (Å²) in [5.74, 6) is 1.41. The Labute approximate surface area is 169 Å². The van der Waals surface area contributed by atoms with Gasteiger partial charge < -0.3 is 20.3 Å². The third-order valence-corrected chi connectivity index (χ3v) is 5.41. The van der Waals surface area contributed by atoms with Crippen LogP contribution in [0.1, 0.15) is 30.4 Å². The van der Waals surface area contributed by atoms with Gasteiger partial charge in [-0.2, -0.15) is 10.2 Å². The number of benzene rings is 1. The Hall–Kier alpha value is -3.53. The quantitative estimate of drug-likeness (QED) is 0.556. The van der Waals surface area contributed by atoms with Gasteiger partial charge in [-0.05, 0) is 37.3 Å². The van der Waals surface area contributed by atoms with E-state index in [0.717, 1.165) is 42.1 Å². The molecule has 4 rings (SSSR count). The fourth-order valence-corrected chi connectivity index (χ4v) is 3.79. The molecule has 0 unspecified atom stereocenters. The first-order valence-electron chi connectivity index (χ1n) is 9.86. The maximum absolute atomic E-state index is 9.92. The van der Waals surface area contributed by atoms with Crippen LogP contribution in [0.25, 0.3) is 10.9 Å². The minimum atomic E-state index is 0.248. The molecule has 0 radical (unpaired) electrons. The molecule has 0 spiro atoms. The number of aromatic nitrogens is 3. The number of hydrogen-bond donors (Lipinski definition) is 3. The van der Waals surface area contributed by atoms with Crippen molar-refractivity contribution < 1.29 is 5.11 Å². The minimum Gasteiger partial charge on any atom is -0.506 e. The molecule has 7 nitrogen and oxygen atoms in total. The molecule has 1 aliphatic rings. The van der Waals surface area contributed by atoms with Crippen molar-refractivity contribution in [3.63, 3.8) is 0 Å². The number of nitrogens with zero attached hydrogens (tertiary/aromatic N) is 4. The number of phenolic OH excluding ortho intramolecular Hbond substituents is 1. The lowest BCUT2D eigenvalue weighted by molar-refractivity contribution is 0.480. The van der Waals surface area contributed by atoms with Crippen LogP contribution in [0, 0.1) is 11.3 Å². The fourth-order valence-electron chi connectivity index (χ4n) is 3.79. The molecule has 0 aliphatic heterocycles. The van der Waals surface area contributed by atoms with Crippen LogP contribution in [-0.2, 0) is 6.42 Å². The molecule has 148 valence electrons. The standard InChI is InChI=1S/C22H24N6O/c1-28(17-6-3-2-4-7-17)21-16(12-23)14-26-22(27-21)24-11-10-15-13-25-20-18(15)8-5-9-19(20)29/h3,5-6,8-9,13-14,17,25,29H,2,4,7,10-11H2,1H3,(H,24,26,27)/t17-/m1/s1. The zero-order chi connectivity index (χ0) is 20.2. The summed E-state index contributed by atoms with van der Waals surface area (Å²) in [6.07, 6.45) is 11.9. The van der Waals surface area contributed by atoms with Gasteiger partial charge in [0.1, 0.15) is 17.4 Å². The lowest BCUT2D eigenvalue weighted by atomic mass is 10.0. The largest absolute Gasteiger partial charge is 0.506 e. The molecule has 0 amide bonds. The maximum atomic E-state index is 9.92. The highest BCUT2D eigenvalue weighted by Gasteiger charge is 2.19. The highest BCUT2D eigenvalue weighted by atomic mass is 16.3. The number of phenols is 1. The molecular weight excluding hydrogens is 364 g/mol. The van der Waals surface area contributed by atoms with Gasteiger partial charge in [-0.15, -0.1) is 0 Å². The summed E-state index contributed by atoms with van der Waals surface area (Å²) < 4.78 is 0. The summed E-state index contributed by atoms with van der Waals surface area (Å²) in [5.41, 5.74) is 2.34. The van der Waals surface area contributed by atoms with Crippen molar-refractivity contribution in [2.24, 2.45) is 0 Å². The third kappa shape index (κ3) is 3.87. The van der Waals surface area contributed by atoms with Crippen molar-refractivity contribution in [2.75, 3.05) is 23.8 Å². The topological polar surface area (TPSA) is 101 Å². The monoisotopic (exact) mass is 388 g/mol. The zero-order valence-electron chi connectivity index (χ0n) is 16.4. The van der Waals surface area contributed by atoms with E-state index in [1.54, 1.807) is 12.3 Å². The first-order valence-corrected chi connectivity index (χ1v) is 9.86. The lowest BCUT2D eigenvalue weighted by Gasteiger charge is -2.29. The summed E-state index contributed by atoms with van der Waals surface area (Å²) in [4.78, 5) is 14.1. The van der Waals surface area contributed by atoms with Gasteiger partial charge in [0.05, 0.1) is 11.7 Å². The molecule has 3 aromatic rings. The van der Waals surface area contributed by atoms with Crippen LogP contribution in [0.3, 0.4) is 0 Å². The normalized spacial score (nSPS) is 15.9. The number of para-hydroxylation sites is 1. The van der Waals surface area contributed by atoms with E-state index in [4.69, 9.17) is 0 Å². The minimum absolute atomic E-state index is 0.248. The van der Waals surface area contributed by atoms with Crippen LogP contribution in [0.4, 0.5) is 11.8 Å². The number of hydrogen-bond acceptors (Lipinski definition) is 6. The molecule has 3 N–H and O–H groups in total. The number of aromatic amines is 1. The fraction of sp³-hybridized carbons (Fsp3) is 0.318. The van der Waals surface area contributed by atoms with Crippen molar-refractivity contribution in [2.45, 2.75) is 31.7 Å². The highest BCUT2D eigenvalue weighted by molar-refractivity contribution is 5.88. The van der Waals surface area contributed by atoms with Crippen molar-refractivity contribution >= 4 is 22.7 Å². The highest BCUT2D eigenvalue weighted by Crippen LogP contribution is 2.27. The molecule has 1 atom stereocenters. The van der Waals surface area contributed by atoms with Gasteiger partial charge in [0.25, 0.3) is 0 Å². The Bertz CT molecular complexity index is 1080. The molecule has 0 fully saturated rings. The van der Waals surface area contributed by atoms with Crippen LogP contribution < -0.4 is 10.2 Å². The van der Waals surface area contributed by atoms with E-state index < -0.39 is 0 Å². The molecule has 7 heteroatoms. The van der Waals surface area contributed by atoms with Gasteiger partial charge in [-0.1, -0.05) is 24.3 Å². The molecule has 2 heterocycles. The van der Waals surface area contributed by atoms with Crippen molar-refractivity contribution in [3.05, 3.63) is 53.9 Å². The summed E-state index contributed by atoms with van der Waals surface area (Å²) in [7, 11) is 1.98. The zero-order valence-corrected chi connectivity index (χ0v) is 16.4. The molecule has 1 aliphatic carbocycles. The molecule has 0 bridgehead atoms. The summed E-state index contributed by atoms with van der Waals surface area (Å²) in [6.45, 7) is 0.640.